The highest BCUT2D eigenvalue weighted by atomic mass is 16.4. The van der Waals surface area contributed by atoms with Crippen LogP contribution in [-0.2, 0) is 0 Å². The van der Waals surface area contributed by atoms with Crippen molar-refractivity contribution in [2.45, 2.75) is 26.2 Å². The molecule has 4 N–H and O–H groups in total. The number of anilines is 1. The maximum Gasteiger partial charge on any atom is 0.173 e. The largest absolute Gasteiger partial charge is 0.409 e. The second-order valence-electron chi connectivity index (χ2n) is 4.51. The van der Waals surface area contributed by atoms with Gasteiger partial charge in [0, 0.05) is 25.9 Å². The lowest BCUT2D eigenvalue weighted by Gasteiger charge is -2.21. The molecule has 0 aliphatic carbocycles. The van der Waals surface area contributed by atoms with Crippen molar-refractivity contribution < 1.29 is 10.3 Å². The Morgan fingerprint density at radius 1 is 1.37 bits per heavy atom. The summed E-state index contributed by atoms with van der Waals surface area (Å²) in [6, 6.07) is 3.63. The summed E-state index contributed by atoms with van der Waals surface area (Å²) in [5.41, 5.74) is 7.16. The van der Waals surface area contributed by atoms with Gasteiger partial charge in [0.05, 0.1) is 5.56 Å². The number of oxime groups is 1. The molecule has 1 aromatic heterocycles. The average molecular weight is 266 g/mol. The van der Waals surface area contributed by atoms with Gasteiger partial charge in [-0.15, -0.1) is 0 Å². The minimum atomic E-state index is 0.0599. The number of aliphatic hydroxyl groups is 1. The molecule has 0 amide bonds. The van der Waals surface area contributed by atoms with Crippen LogP contribution in [0.5, 0.6) is 0 Å². The van der Waals surface area contributed by atoms with Gasteiger partial charge >= 0.3 is 0 Å². The van der Waals surface area contributed by atoms with Gasteiger partial charge in [-0.1, -0.05) is 5.16 Å². The molecular weight excluding hydrogens is 244 g/mol. The molecular formula is C13H22N4O2. The maximum atomic E-state index is 8.80. The van der Waals surface area contributed by atoms with Crippen LogP contribution in [0.25, 0.3) is 0 Å². The molecule has 106 valence electrons. The molecule has 19 heavy (non-hydrogen) atoms. The van der Waals surface area contributed by atoms with Crippen molar-refractivity contribution in [2.75, 3.05) is 25.1 Å². The lowest BCUT2D eigenvalue weighted by molar-refractivity contribution is 0.283. The number of amidine groups is 1. The summed E-state index contributed by atoms with van der Waals surface area (Å²) >= 11 is 0. The third-order valence-electron chi connectivity index (χ3n) is 2.91. The zero-order valence-corrected chi connectivity index (χ0v) is 11.5. The van der Waals surface area contributed by atoms with Gasteiger partial charge in [0.2, 0.25) is 0 Å². The smallest absolute Gasteiger partial charge is 0.173 e. The number of aryl methyl sites for hydroxylation is 1. The van der Waals surface area contributed by atoms with Gasteiger partial charge in [-0.25, -0.2) is 4.98 Å². The lowest BCUT2D eigenvalue weighted by Crippen LogP contribution is -2.25. The predicted molar refractivity (Wildman–Crippen MR) is 75.7 cm³/mol. The van der Waals surface area contributed by atoms with Gasteiger partial charge in [0.1, 0.15) is 5.82 Å². The van der Waals surface area contributed by atoms with Crippen LogP contribution < -0.4 is 10.6 Å². The van der Waals surface area contributed by atoms with E-state index < -0.39 is 0 Å². The highest BCUT2D eigenvalue weighted by Crippen LogP contribution is 2.18. The summed E-state index contributed by atoms with van der Waals surface area (Å²) in [5, 5.41) is 20.6. The Kier molecular flexibility index (Phi) is 6.08. The number of unbranched alkanes of at least 4 members (excludes halogenated alkanes) is 2. The Bertz CT molecular complexity index is 435. The van der Waals surface area contributed by atoms with E-state index in [1.807, 2.05) is 24.9 Å². The molecule has 0 radical (unpaired) electrons. The molecule has 0 aromatic carbocycles. The number of nitrogens with zero attached hydrogens (tertiary/aromatic N) is 3. The zero-order valence-electron chi connectivity index (χ0n) is 11.5. The number of rotatable bonds is 7. The van der Waals surface area contributed by atoms with Crippen LogP contribution in [0.2, 0.25) is 0 Å². The molecule has 0 unspecified atom stereocenters. The van der Waals surface area contributed by atoms with E-state index in [4.69, 9.17) is 16.0 Å². The van der Waals surface area contributed by atoms with E-state index in [1.54, 1.807) is 6.07 Å². The molecule has 0 saturated heterocycles. The number of aromatic nitrogens is 1. The fourth-order valence-electron chi connectivity index (χ4n) is 1.83. The summed E-state index contributed by atoms with van der Waals surface area (Å²) in [7, 11) is 1.93. The first-order chi connectivity index (χ1) is 9.10. The van der Waals surface area contributed by atoms with E-state index in [9.17, 15) is 0 Å². The second kappa shape index (κ2) is 7.58. The van der Waals surface area contributed by atoms with Crippen LogP contribution in [0.15, 0.2) is 17.3 Å². The minimum absolute atomic E-state index is 0.0599. The number of nitrogens with two attached hydrogens (primary N) is 1. The van der Waals surface area contributed by atoms with Crippen molar-refractivity contribution >= 4 is 11.7 Å². The number of aliphatic hydroxyl groups excluding tert-OH is 1. The Morgan fingerprint density at radius 2 is 2.11 bits per heavy atom. The van der Waals surface area contributed by atoms with Crippen molar-refractivity contribution in [3.63, 3.8) is 0 Å². The second-order valence-corrected chi connectivity index (χ2v) is 4.51. The Hall–Kier alpha value is -1.82. The normalized spacial score (nSPS) is 11.6. The third kappa shape index (κ3) is 4.40. The Balaban J connectivity index is 2.82. The van der Waals surface area contributed by atoms with Gasteiger partial charge < -0.3 is 20.9 Å². The number of pyridine rings is 1. The molecule has 1 heterocycles. The number of hydrogen-bond acceptors (Lipinski definition) is 5. The SMILES string of the molecule is Cc1ccc(/C(N)=N/O)c(N(C)CCCCCO)n1. The van der Waals surface area contributed by atoms with Crippen LogP contribution in [0.4, 0.5) is 5.82 Å². The molecule has 0 fully saturated rings. The summed E-state index contributed by atoms with van der Waals surface area (Å²) < 4.78 is 0. The van der Waals surface area contributed by atoms with Crippen LogP contribution in [0.1, 0.15) is 30.5 Å². The van der Waals surface area contributed by atoms with E-state index in [1.165, 1.54) is 0 Å². The minimum Gasteiger partial charge on any atom is -0.409 e. The third-order valence-corrected chi connectivity index (χ3v) is 2.91. The van der Waals surface area contributed by atoms with E-state index in [0.717, 1.165) is 31.5 Å². The predicted octanol–water partition coefficient (Wildman–Crippen LogP) is 1.08. The highest BCUT2D eigenvalue weighted by molar-refractivity contribution is 6.01. The molecule has 1 rings (SSSR count). The number of hydrogen-bond donors (Lipinski definition) is 3. The maximum absolute atomic E-state index is 8.80. The molecule has 6 nitrogen and oxygen atoms in total. The van der Waals surface area contributed by atoms with Crippen LogP contribution in [-0.4, -0.2) is 41.3 Å². The van der Waals surface area contributed by atoms with E-state index in [2.05, 4.69) is 10.1 Å². The average Bonchev–Trinajstić information content (AvgIpc) is 2.42. The summed E-state index contributed by atoms with van der Waals surface area (Å²) in [4.78, 5) is 6.43. The fourth-order valence-corrected chi connectivity index (χ4v) is 1.83. The first kappa shape index (κ1) is 15.2. The van der Waals surface area contributed by atoms with Crippen molar-refractivity contribution in [1.82, 2.24) is 4.98 Å². The summed E-state index contributed by atoms with van der Waals surface area (Å²) in [5.74, 6) is 0.768. The topological polar surface area (TPSA) is 95.0 Å². The van der Waals surface area contributed by atoms with Crippen LogP contribution in [0.3, 0.4) is 0 Å². The van der Waals surface area contributed by atoms with E-state index in [-0.39, 0.29) is 12.4 Å². The summed E-state index contributed by atoms with van der Waals surface area (Å²) in [6.07, 6.45) is 2.73. The van der Waals surface area contributed by atoms with Gasteiger partial charge in [-0.3, -0.25) is 0 Å². The van der Waals surface area contributed by atoms with Crippen molar-refractivity contribution in [2.24, 2.45) is 10.9 Å². The first-order valence-corrected chi connectivity index (χ1v) is 6.37. The molecule has 0 spiro atoms. The standard InChI is InChI=1S/C13H22N4O2/c1-10-6-7-11(12(14)16-19)13(15-10)17(2)8-4-3-5-9-18/h6-7,18-19H,3-5,8-9H2,1-2H3,(H2,14,16). The molecule has 0 aliphatic rings. The van der Waals surface area contributed by atoms with Gasteiger partial charge in [-0.2, -0.15) is 0 Å². The first-order valence-electron chi connectivity index (χ1n) is 6.37. The lowest BCUT2D eigenvalue weighted by atomic mass is 10.2. The van der Waals surface area contributed by atoms with Crippen molar-refractivity contribution in [1.29, 1.82) is 0 Å². The van der Waals surface area contributed by atoms with E-state index >= 15 is 0 Å². The monoisotopic (exact) mass is 266 g/mol. The van der Waals surface area contributed by atoms with Crippen LogP contribution >= 0.6 is 0 Å². The zero-order chi connectivity index (χ0) is 14.3. The quantitative estimate of drug-likeness (QED) is 0.226. The van der Waals surface area contributed by atoms with Gasteiger partial charge in [-0.05, 0) is 38.3 Å². The molecule has 0 aliphatic heterocycles. The highest BCUT2D eigenvalue weighted by Gasteiger charge is 2.12. The molecule has 1 aromatic rings. The molecule has 0 saturated carbocycles. The van der Waals surface area contributed by atoms with E-state index in [0.29, 0.717) is 11.4 Å². The summed E-state index contributed by atoms with van der Waals surface area (Å²) in [6.45, 7) is 2.93. The Labute approximate surface area is 113 Å². The molecule has 6 heteroatoms. The molecule has 0 atom stereocenters. The van der Waals surface area contributed by atoms with Gasteiger partial charge in [0.25, 0.3) is 0 Å². The van der Waals surface area contributed by atoms with Crippen LogP contribution in [0, 0.1) is 6.92 Å². The van der Waals surface area contributed by atoms with Gasteiger partial charge in [0.15, 0.2) is 5.84 Å². The van der Waals surface area contributed by atoms with Crippen molar-refractivity contribution in [3.05, 3.63) is 23.4 Å². The Morgan fingerprint density at radius 3 is 2.74 bits per heavy atom. The molecule has 0 bridgehead atoms. The fraction of sp³-hybridized carbons (Fsp3) is 0.538. The van der Waals surface area contributed by atoms with Crippen molar-refractivity contribution in [3.8, 4) is 0 Å².